The smallest absolute Gasteiger partial charge is 0.493 e. The molecule has 184 valence electrons. The summed E-state index contributed by atoms with van der Waals surface area (Å²) in [6, 6.07) is 12.7. The molecule has 36 heavy (non-hydrogen) atoms. The predicted octanol–water partition coefficient (Wildman–Crippen LogP) is 5.04. The van der Waals surface area contributed by atoms with Gasteiger partial charge in [-0.1, -0.05) is 37.6 Å². The average Bonchev–Trinajstić information content (AvgIpc) is 3.04. The molecule has 0 atom stereocenters. The molecule has 2 aromatic carbocycles. The first-order chi connectivity index (χ1) is 16.6. The second-order valence-electron chi connectivity index (χ2n) is 8.42. The van der Waals surface area contributed by atoms with E-state index in [4.69, 9.17) is 11.6 Å². The van der Waals surface area contributed by atoms with E-state index < -0.39 is 23.3 Å². The van der Waals surface area contributed by atoms with Crippen molar-refractivity contribution in [3.63, 3.8) is 0 Å². The summed E-state index contributed by atoms with van der Waals surface area (Å²) in [4.78, 5) is 40.2. The Hall–Kier alpha value is -3.80. The molecule has 0 saturated heterocycles. The van der Waals surface area contributed by atoms with Crippen molar-refractivity contribution < 1.29 is 31.2 Å². The van der Waals surface area contributed by atoms with Crippen LogP contribution in [0.4, 0.5) is 11.4 Å². The van der Waals surface area contributed by atoms with E-state index in [1.165, 1.54) is 24.0 Å². The van der Waals surface area contributed by atoms with Crippen molar-refractivity contribution in [3.05, 3.63) is 80.1 Å². The van der Waals surface area contributed by atoms with Gasteiger partial charge < -0.3 is 5.11 Å². The van der Waals surface area contributed by atoms with Gasteiger partial charge in [0.25, 0.3) is 17.4 Å². The van der Waals surface area contributed by atoms with E-state index in [1.54, 1.807) is 30.3 Å². The fourth-order valence-electron chi connectivity index (χ4n) is 3.90. The quantitative estimate of drug-likeness (QED) is 0.271. The SMILES string of the molecule is Cc1c(C#N)c(O)n(-c2cccc(Cl)c2)c(=O)c1N=Nc1cccc2c1C(=O)N(CC(C)C)C2=O.[Ni+2]. The third kappa shape index (κ3) is 4.55. The molecular formula is C25H20ClN5NiO4+2. The first kappa shape index (κ1) is 26.8. The second-order valence-corrected chi connectivity index (χ2v) is 8.86. The molecule has 1 N–H and O–H groups in total. The van der Waals surface area contributed by atoms with Gasteiger partial charge in [0.05, 0.1) is 22.5 Å². The van der Waals surface area contributed by atoms with Crippen LogP contribution in [-0.2, 0) is 16.5 Å². The molecule has 0 bridgehead atoms. The number of hydrogen-bond acceptors (Lipinski definition) is 7. The van der Waals surface area contributed by atoms with Gasteiger partial charge in [0, 0.05) is 17.1 Å². The van der Waals surface area contributed by atoms with Crippen LogP contribution in [0.2, 0.25) is 5.02 Å². The van der Waals surface area contributed by atoms with E-state index in [-0.39, 0.29) is 68.3 Å². The minimum atomic E-state index is -0.735. The molecule has 1 aromatic heterocycles. The maximum atomic E-state index is 13.3. The van der Waals surface area contributed by atoms with Crippen LogP contribution >= 0.6 is 11.6 Å². The van der Waals surface area contributed by atoms with E-state index in [0.717, 1.165) is 4.57 Å². The molecule has 0 saturated carbocycles. The zero-order valence-corrected chi connectivity index (χ0v) is 21.2. The van der Waals surface area contributed by atoms with Crippen LogP contribution in [0.1, 0.15) is 45.7 Å². The number of halogens is 1. The fourth-order valence-corrected chi connectivity index (χ4v) is 4.09. The van der Waals surface area contributed by atoms with Gasteiger partial charge in [-0.05, 0) is 43.2 Å². The minimum absolute atomic E-state index is 0. The molecule has 2 amide bonds. The van der Waals surface area contributed by atoms with Crippen LogP contribution in [0.25, 0.3) is 5.69 Å². The Balaban J connectivity index is 0.00000361. The number of carbonyl (C=O) groups is 2. The van der Waals surface area contributed by atoms with Gasteiger partial charge >= 0.3 is 16.5 Å². The van der Waals surface area contributed by atoms with Crippen LogP contribution in [0.3, 0.4) is 0 Å². The molecule has 3 aromatic rings. The molecular weight excluding hydrogens is 528 g/mol. The Bertz CT molecular complexity index is 1520. The predicted molar refractivity (Wildman–Crippen MR) is 129 cm³/mol. The topological polar surface area (TPSA) is 128 Å². The first-order valence-corrected chi connectivity index (χ1v) is 11.1. The molecule has 4 rings (SSSR count). The van der Waals surface area contributed by atoms with Crippen LogP contribution in [-0.4, -0.2) is 32.9 Å². The number of nitriles is 1. The maximum absolute atomic E-state index is 13.3. The van der Waals surface area contributed by atoms with E-state index >= 15 is 0 Å². The van der Waals surface area contributed by atoms with E-state index in [1.807, 2.05) is 19.9 Å². The molecule has 0 spiro atoms. The van der Waals surface area contributed by atoms with Crippen LogP contribution in [0.15, 0.2) is 57.5 Å². The molecule has 1 aliphatic heterocycles. The van der Waals surface area contributed by atoms with E-state index in [0.29, 0.717) is 5.02 Å². The summed E-state index contributed by atoms with van der Waals surface area (Å²) in [5, 5.41) is 28.8. The number of nitrogens with zero attached hydrogens (tertiary/aromatic N) is 5. The first-order valence-electron chi connectivity index (χ1n) is 10.7. The fraction of sp³-hybridized carbons (Fsp3) is 0.200. The normalized spacial score (nSPS) is 12.7. The second kappa shape index (κ2) is 10.4. The number of carbonyl (C=O) groups excluding carboxylic acids is 2. The van der Waals surface area contributed by atoms with Gasteiger partial charge in [-0.2, -0.15) is 5.26 Å². The summed E-state index contributed by atoms with van der Waals surface area (Å²) in [7, 11) is 0. The van der Waals surface area contributed by atoms with Gasteiger partial charge in [-0.3, -0.25) is 19.3 Å². The molecule has 11 heteroatoms. The monoisotopic (exact) mass is 547 g/mol. The Labute approximate surface area is 221 Å². The number of aromatic hydroxyl groups is 1. The van der Waals surface area contributed by atoms with Crippen LogP contribution in [0.5, 0.6) is 5.88 Å². The third-order valence-corrected chi connectivity index (χ3v) is 5.77. The Morgan fingerprint density at radius 3 is 2.42 bits per heavy atom. The molecule has 0 unspecified atom stereocenters. The van der Waals surface area contributed by atoms with Crippen molar-refractivity contribution in [2.75, 3.05) is 6.54 Å². The minimum Gasteiger partial charge on any atom is -0.493 e. The standard InChI is InChI=1S/C25H20ClN5O4.Ni/c1-13(2)12-30-22(32)17-8-5-9-19(20(17)24(30)34)28-29-21-14(3)18(11-27)23(33)31(25(21)35)16-7-4-6-15(26)10-16;/h4-10,13,33H,12H2,1-3H3;/q;+2. The summed E-state index contributed by atoms with van der Waals surface area (Å²) in [5.74, 6) is -1.37. The molecule has 9 nitrogen and oxygen atoms in total. The summed E-state index contributed by atoms with van der Waals surface area (Å²) in [5.41, 5.74) is -0.308. The van der Waals surface area contributed by atoms with Gasteiger partial charge in [0.2, 0.25) is 5.88 Å². The van der Waals surface area contributed by atoms with Gasteiger partial charge in [-0.25, -0.2) is 4.57 Å². The molecule has 0 radical (unpaired) electrons. The van der Waals surface area contributed by atoms with Crippen molar-refractivity contribution >= 4 is 34.8 Å². The number of azo groups is 1. The molecule has 0 fully saturated rings. The van der Waals surface area contributed by atoms with Crippen molar-refractivity contribution in [2.45, 2.75) is 20.8 Å². The van der Waals surface area contributed by atoms with Crippen LogP contribution in [0, 0.1) is 24.2 Å². The Morgan fingerprint density at radius 2 is 1.78 bits per heavy atom. The van der Waals surface area contributed by atoms with E-state index in [2.05, 4.69) is 10.2 Å². The number of benzene rings is 2. The summed E-state index contributed by atoms with van der Waals surface area (Å²) in [6.07, 6.45) is 0. The van der Waals surface area contributed by atoms with Gasteiger partial charge in [0.15, 0.2) is 5.69 Å². The Kier molecular flexibility index (Phi) is 7.78. The summed E-state index contributed by atoms with van der Waals surface area (Å²) >= 11 is 6.04. The number of hydrogen-bond donors (Lipinski definition) is 1. The molecule has 2 heterocycles. The summed E-state index contributed by atoms with van der Waals surface area (Å²) < 4.78 is 0.917. The van der Waals surface area contributed by atoms with E-state index in [9.17, 15) is 24.8 Å². The van der Waals surface area contributed by atoms with Crippen LogP contribution < -0.4 is 5.56 Å². The number of amides is 2. The molecule has 0 aliphatic carbocycles. The number of aromatic nitrogens is 1. The number of pyridine rings is 1. The molecule has 1 aliphatic rings. The van der Waals surface area contributed by atoms with Crippen molar-refractivity contribution in [3.8, 4) is 17.6 Å². The zero-order valence-electron chi connectivity index (χ0n) is 19.4. The number of imide groups is 1. The van der Waals surface area contributed by atoms with Crippen molar-refractivity contribution in [1.29, 1.82) is 5.26 Å². The van der Waals surface area contributed by atoms with Crippen molar-refractivity contribution in [2.24, 2.45) is 16.1 Å². The Morgan fingerprint density at radius 1 is 1.08 bits per heavy atom. The third-order valence-electron chi connectivity index (χ3n) is 5.53. The van der Waals surface area contributed by atoms with Gasteiger partial charge in [0.1, 0.15) is 11.6 Å². The zero-order chi connectivity index (χ0) is 25.4. The average molecular weight is 549 g/mol. The largest absolute Gasteiger partial charge is 2.00 e. The number of rotatable bonds is 5. The van der Waals surface area contributed by atoms with Gasteiger partial charge in [-0.15, -0.1) is 10.2 Å². The van der Waals surface area contributed by atoms with Crippen molar-refractivity contribution in [1.82, 2.24) is 9.47 Å². The number of fused-ring (bicyclic) bond motifs is 1. The summed E-state index contributed by atoms with van der Waals surface area (Å²) in [6.45, 7) is 5.52. The maximum Gasteiger partial charge on any atom is 2.00 e.